The van der Waals surface area contributed by atoms with Crippen molar-refractivity contribution in [3.05, 3.63) is 61.2 Å². The van der Waals surface area contributed by atoms with Crippen molar-refractivity contribution in [3.8, 4) is 5.75 Å². The number of nitrogens with one attached hydrogen (secondary N) is 2. The van der Waals surface area contributed by atoms with Crippen LogP contribution in [-0.4, -0.2) is 27.0 Å². The molecule has 0 atom stereocenters. The van der Waals surface area contributed by atoms with Crippen LogP contribution in [0.3, 0.4) is 0 Å². The fourth-order valence-electron chi connectivity index (χ4n) is 3.24. The van der Waals surface area contributed by atoms with Gasteiger partial charge >= 0.3 is 0 Å². The van der Waals surface area contributed by atoms with Crippen LogP contribution in [0.1, 0.15) is 0 Å². The van der Waals surface area contributed by atoms with Gasteiger partial charge in [0.1, 0.15) is 17.1 Å². The monoisotopic (exact) mass is 341 g/mol. The van der Waals surface area contributed by atoms with Crippen LogP contribution in [0.25, 0.3) is 32.7 Å². The predicted octanol–water partition coefficient (Wildman–Crippen LogP) is 4.41. The summed E-state index contributed by atoms with van der Waals surface area (Å²) in [5, 5.41) is 6.41. The fraction of sp³-hybridized carbons (Fsp3) is 0.0500. The van der Waals surface area contributed by atoms with E-state index in [0.717, 1.165) is 50.0 Å². The molecule has 0 amide bonds. The van der Waals surface area contributed by atoms with E-state index in [1.54, 1.807) is 19.5 Å². The van der Waals surface area contributed by atoms with E-state index in [1.165, 1.54) is 0 Å². The Kier molecular flexibility index (Phi) is 3.21. The van der Waals surface area contributed by atoms with E-state index in [2.05, 4.69) is 20.3 Å². The van der Waals surface area contributed by atoms with Gasteiger partial charge in [0.05, 0.1) is 18.1 Å². The van der Waals surface area contributed by atoms with Crippen molar-refractivity contribution in [2.45, 2.75) is 0 Å². The van der Waals surface area contributed by atoms with E-state index in [4.69, 9.17) is 9.72 Å². The van der Waals surface area contributed by atoms with Crippen molar-refractivity contribution in [2.75, 3.05) is 12.4 Å². The summed E-state index contributed by atoms with van der Waals surface area (Å²) in [5.41, 5.74) is 3.75. The number of rotatable bonds is 3. The number of hydrogen-bond donors (Lipinski definition) is 2. The molecule has 0 saturated carbocycles. The van der Waals surface area contributed by atoms with E-state index in [0.29, 0.717) is 0 Å². The first-order chi connectivity index (χ1) is 12.8. The molecule has 0 aliphatic heterocycles. The lowest BCUT2D eigenvalue weighted by Gasteiger charge is -2.11. The summed E-state index contributed by atoms with van der Waals surface area (Å²) >= 11 is 0. The number of aromatic amines is 1. The molecule has 0 unspecified atom stereocenters. The van der Waals surface area contributed by atoms with Crippen LogP contribution in [0.5, 0.6) is 5.75 Å². The molecular formula is C20H15N5O. The third-order valence-corrected chi connectivity index (χ3v) is 4.47. The number of methoxy groups -OCH3 is 1. The van der Waals surface area contributed by atoms with E-state index in [1.807, 2.05) is 48.8 Å². The SMILES string of the molecule is COc1cccc(Nc2nc3c4cnccc4[nH]c3c3cnccc23)c1. The van der Waals surface area contributed by atoms with Crippen molar-refractivity contribution in [2.24, 2.45) is 0 Å². The number of ether oxygens (including phenoxy) is 1. The number of fused-ring (bicyclic) bond motifs is 5. The molecule has 0 spiro atoms. The molecule has 0 bridgehead atoms. The topological polar surface area (TPSA) is 75.7 Å². The molecule has 1 aromatic carbocycles. The minimum atomic E-state index is 0.771. The number of hydrogen-bond acceptors (Lipinski definition) is 5. The highest BCUT2D eigenvalue weighted by molar-refractivity contribution is 6.17. The zero-order valence-electron chi connectivity index (χ0n) is 14.0. The van der Waals surface area contributed by atoms with Crippen molar-refractivity contribution in [3.63, 3.8) is 0 Å². The summed E-state index contributed by atoms with van der Waals surface area (Å²) in [7, 11) is 1.66. The summed E-state index contributed by atoms with van der Waals surface area (Å²) in [5.74, 6) is 1.56. The smallest absolute Gasteiger partial charge is 0.139 e. The molecule has 0 saturated heterocycles. The highest BCUT2D eigenvalue weighted by Gasteiger charge is 2.13. The molecule has 6 nitrogen and oxygen atoms in total. The van der Waals surface area contributed by atoms with Gasteiger partial charge in [-0.25, -0.2) is 4.98 Å². The molecule has 5 aromatic rings. The van der Waals surface area contributed by atoms with Crippen LogP contribution in [-0.2, 0) is 0 Å². The zero-order valence-corrected chi connectivity index (χ0v) is 14.0. The minimum absolute atomic E-state index is 0.771. The van der Waals surface area contributed by atoms with Crippen molar-refractivity contribution >= 4 is 44.2 Å². The summed E-state index contributed by atoms with van der Waals surface area (Å²) in [4.78, 5) is 16.9. The van der Waals surface area contributed by atoms with Crippen LogP contribution < -0.4 is 10.1 Å². The van der Waals surface area contributed by atoms with E-state index >= 15 is 0 Å². The number of anilines is 2. The second kappa shape index (κ2) is 5.70. The van der Waals surface area contributed by atoms with E-state index in [-0.39, 0.29) is 0 Å². The van der Waals surface area contributed by atoms with Gasteiger partial charge in [-0.1, -0.05) is 6.07 Å². The molecule has 0 fully saturated rings. The Morgan fingerprint density at radius 1 is 0.962 bits per heavy atom. The minimum Gasteiger partial charge on any atom is -0.497 e. The summed E-state index contributed by atoms with van der Waals surface area (Å²) in [6.45, 7) is 0. The molecule has 2 N–H and O–H groups in total. The Morgan fingerprint density at radius 2 is 1.81 bits per heavy atom. The van der Waals surface area contributed by atoms with Crippen LogP contribution >= 0.6 is 0 Å². The summed E-state index contributed by atoms with van der Waals surface area (Å²) < 4.78 is 5.31. The lowest BCUT2D eigenvalue weighted by Crippen LogP contribution is -1.96. The van der Waals surface area contributed by atoms with E-state index < -0.39 is 0 Å². The predicted molar refractivity (Wildman–Crippen MR) is 103 cm³/mol. The molecule has 26 heavy (non-hydrogen) atoms. The van der Waals surface area contributed by atoms with Gasteiger partial charge in [0.2, 0.25) is 0 Å². The Morgan fingerprint density at radius 3 is 2.69 bits per heavy atom. The maximum absolute atomic E-state index is 5.31. The van der Waals surface area contributed by atoms with Crippen molar-refractivity contribution in [1.82, 2.24) is 19.9 Å². The first-order valence-corrected chi connectivity index (χ1v) is 8.24. The van der Waals surface area contributed by atoms with Gasteiger partial charge in [-0.3, -0.25) is 9.97 Å². The fourth-order valence-corrected chi connectivity index (χ4v) is 3.24. The third-order valence-electron chi connectivity index (χ3n) is 4.47. The molecule has 0 radical (unpaired) electrons. The summed E-state index contributed by atoms with van der Waals surface area (Å²) in [6, 6.07) is 11.7. The first kappa shape index (κ1) is 14.7. The average Bonchev–Trinajstić information content (AvgIpc) is 3.07. The van der Waals surface area contributed by atoms with Gasteiger partial charge in [0, 0.05) is 52.7 Å². The Labute approximate surface area is 148 Å². The molecule has 4 aromatic heterocycles. The second-order valence-electron chi connectivity index (χ2n) is 6.01. The summed E-state index contributed by atoms with van der Waals surface area (Å²) in [6.07, 6.45) is 7.24. The van der Waals surface area contributed by atoms with Crippen LogP contribution in [0.2, 0.25) is 0 Å². The quantitative estimate of drug-likeness (QED) is 0.508. The lowest BCUT2D eigenvalue weighted by molar-refractivity contribution is 0.415. The highest BCUT2D eigenvalue weighted by atomic mass is 16.5. The van der Waals surface area contributed by atoms with Crippen molar-refractivity contribution < 1.29 is 4.74 Å². The van der Waals surface area contributed by atoms with Crippen LogP contribution in [0, 0.1) is 0 Å². The molecule has 0 aliphatic carbocycles. The Bertz CT molecular complexity index is 1260. The standard InChI is InChI=1S/C20H15N5O/c1-26-13-4-2-3-12(9-13)23-20-14-5-7-21-10-15(14)18-19(25-20)16-11-22-8-6-17(16)24-18/h2-11,24H,1H3,(H,23,25). The third kappa shape index (κ3) is 2.23. The number of aromatic nitrogens is 4. The Hall–Kier alpha value is -3.67. The van der Waals surface area contributed by atoms with Gasteiger partial charge in [-0.15, -0.1) is 0 Å². The van der Waals surface area contributed by atoms with Crippen LogP contribution in [0.15, 0.2) is 61.2 Å². The van der Waals surface area contributed by atoms with Crippen molar-refractivity contribution in [1.29, 1.82) is 0 Å². The highest BCUT2D eigenvalue weighted by Crippen LogP contribution is 2.34. The average molecular weight is 341 g/mol. The zero-order chi connectivity index (χ0) is 17.5. The van der Waals surface area contributed by atoms with Gasteiger partial charge in [0.25, 0.3) is 0 Å². The number of benzene rings is 1. The molecule has 4 heterocycles. The molecule has 6 heteroatoms. The van der Waals surface area contributed by atoms with Gasteiger partial charge < -0.3 is 15.0 Å². The van der Waals surface area contributed by atoms with E-state index in [9.17, 15) is 0 Å². The number of pyridine rings is 3. The molecular weight excluding hydrogens is 326 g/mol. The lowest BCUT2D eigenvalue weighted by atomic mass is 10.1. The second-order valence-corrected chi connectivity index (χ2v) is 6.01. The maximum atomic E-state index is 5.31. The van der Waals surface area contributed by atoms with Gasteiger partial charge in [0.15, 0.2) is 0 Å². The largest absolute Gasteiger partial charge is 0.497 e. The molecule has 5 rings (SSSR count). The number of H-pyrrole nitrogens is 1. The maximum Gasteiger partial charge on any atom is 0.139 e. The molecule has 0 aliphatic rings. The first-order valence-electron chi connectivity index (χ1n) is 8.24. The van der Waals surface area contributed by atoms with Crippen LogP contribution in [0.4, 0.5) is 11.5 Å². The Balaban J connectivity index is 1.78. The normalized spacial score (nSPS) is 11.3. The van der Waals surface area contributed by atoms with Gasteiger partial charge in [-0.2, -0.15) is 0 Å². The number of nitrogens with zero attached hydrogens (tertiary/aromatic N) is 3. The molecule has 126 valence electrons. The van der Waals surface area contributed by atoms with Gasteiger partial charge in [-0.05, 0) is 24.3 Å².